The summed E-state index contributed by atoms with van der Waals surface area (Å²) in [5.74, 6) is 0.486. The van der Waals surface area contributed by atoms with Gasteiger partial charge in [-0.05, 0) is 6.42 Å². The lowest BCUT2D eigenvalue weighted by Gasteiger charge is -2.18. The van der Waals surface area contributed by atoms with Crippen molar-refractivity contribution in [2.45, 2.75) is 13.0 Å². The fourth-order valence-corrected chi connectivity index (χ4v) is 2.33. The van der Waals surface area contributed by atoms with Gasteiger partial charge in [0.05, 0.1) is 24.7 Å². The number of anilines is 1. The van der Waals surface area contributed by atoms with Gasteiger partial charge in [0.15, 0.2) is 5.65 Å². The average Bonchev–Trinajstić information content (AvgIpc) is 2.67. The Bertz CT molecular complexity index is 546. The van der Waals surface area contributed by atoms with Gasteiger partial charge in [-0.15, -0.1) is 0 Å². The van der Waals surface area contributed by atoms with E-state index in [1.54, 1.807) is 6.20 Å². The summed E-state index contributed by atoms with van der Waals surface area (Å²) < 4.78 is 7.33. The Kier molecular flexibility index (Phi) is 3.56. The van der Waals surface area contributed by atoms with Gasteiger partial charge >= 0.3 is 0 Å². The van der Waals surface area contributed by atoms with Crippen LogP contribution in [-0.4, -0.2) is 57.5 Å². The molecule has 0 bridgehead atoms. The molecule has 102 valence electrons. The number of nitrogens with two attached hydrogens (primary N) is 1. The maximum Gasteiger partial charge on any atom is 0.163 e. The molecule has 2 N–H and O–H groups in total. The number of nitrogens with zero attached hydrogens (tertiary/aromatic N) is 5. The van der Waals surface area contributed by atoms with Crippen molar-refractivity contribution in [1.29, 1.82) is 0 Å². The third-order valence-electron chi connectivity index (χ3n) is 3.41. The molecule has 2 aromatic rings. The molecule has 0 aliphatic carbocycles. The Morgan fingerprint density at radius 3 is 3.11 bits per heavy atom. The molecule has 3 heterocycles. The number of nitrogen functional groups attached to an aromatic ring is 1. The van der Waals surface area contributed by atoms with Crippen molar-refractivity contribution in [3.63, 3.8) is 0 Å². The first kappa shape index (κ1) is 12.3. The van der Waals surface area contributed by atoms with Crippen LogP contribution in [0.2, 0.25) is 0 Å². The summed E-state index contributed by atoms with van der Waals surface area (Å²) in [5, 5.41) is 5.16. The van der Waals surface area contributed by atoms with Gasteiger partial charge in [0.2, 0.25) is 0 Å². The third kappa shape index (κ3) is 2.66. The summed E-state index contributed by atoms with van der Waals surface area (Å²) >= 11 is 0. The number of rotatable bonds is 3. The van der Waals surface area contributed by atoms with Crippen LogP contribution in [0, 0.1) is 0 Å². The smallest absolute Gasteiger partial charge is 0.163 e. The highest BCUT2D eigenvalue weighted by Crippen LogP contribution is 2.15. The SMILES string of the molecule is Nc1ncnc2c1cnn2CCN1CCCOCC1. The normalized spacial score (nSPS) is 17.7. The van der Waals surface area contributed by atoms with E-state index in [-0.39, 0.29) is 0 Å². The topological polar surface area (TPSA) is 82.1 Å². The maximum atomic E-state index is 5.80. The van der Waals surface area contributed by atoms with Crippen molar-refractivity contribution in [3.8, 4) is 0 Å². The minimum atomic E-state index is 0.486. The van der Waals surface area contributed by atoms with Gasteiger partial charge in [0, 0.05) is 26.2 Å². The molecule has 2 aromatic heterocycles. The first-order valence-corrected chi connectivity index (χ1v) is 6.57. The molecule has 7 nitrogen and oxygen atoms in total. The van der Waals surface area contributed by atoms with Crippen LogP contribution in [0.25, 0.3) is 11.0 Å². The summed E-state index contributed by atoms with van der Waals surface area (Å²) in [7, 11) is 0. The quantitative estimate of drug-likeness (QED) is 0.846. The highest BCUT2D eigenvalue weighted by Gasteiger charge is 2.11. The van der Waals surface area contributed by atoms with Crippen molar-refractivity contribution in [2.24, 2.45) is 0 Å². The molecule has 1 aliphatic rings. The van der Waals surface area contributed by atoms with Crippen LogP contribution in [0.3, 0.4) is 0 Å². The van der Waals surface area contributed by atoms with Crippen LogP contribution in [0.5, 0.6) is 0 Å². The van der Waals surface area contributed by atoms with E-state index < -0.39 is 0 Å². The molecule has 7 heteroatoms. The van der Waals surface area contributed by atoms with Crippen LogP contribution < -0.4 is 5.73 Å². The molecular weight excluding hydrogens is 244 g/mol. The first-order chi connectivity index (χ1) is 9.34. The number of hydrogen-bond acceptors (Lipinski definition) is 6. The molecule has 1 fully saturated rings. The lowest BCUT2D eigenvalue weighted by Crippen LogP contribution is -2.30. The monoisotopic (exact) mass is 262 g/mol. The zero-order valence-corrected chi connectivity index (χ0v) is 10.8. The third-order valence-corrected chi connectivity index (χ3v) is 3.41. The maximum absolute atomic E-state index is 5.80. The average molecular weight is 262 g/mol. The predicted octanol–water partition coefficient (Wildman–Crippen LogP) is 0.131. The zero-order valence-electron chi connectivity index (χ0n) is 10.8. The lowest BCUT2D eigenvalue weighted by atomic mass is 10.4. The molecule has 0 saturated carbocycles. The summed E-state index contributed by atoms with van der Waals surface area (Å²) in [5.41, 5.74) is 6.60. The van der Waals surface area contributed by atoms with Crippen LogP contribution in [0.4, 0.5) is 5.82 Å². The second kappa shape index (κ2) is 5.50. The molecule has 0 amide bonds. The minimum absolute atomic E-state index is 0.486. The van der Waals surface area contributed by atoms with Gasteiger partial charge in [0.25, 0.3) is 0 Å². The molecule has 1 saturated heterocycles. The Hall–Kier alpha value is -1.73. The Morgan fingerprint density at radius 1 is 1.21 bits per heavy atom. The second-order valence-corrected chi connectivity index (χ2v) is 4.67. The number of ether oxygens (including phenoxy) is 1. The van der Waals surface area contributed by atoms with E-state index in [2.05, 4.69) is 20.0 Å². The minimum Gasteiger partial charge on any atom is -0.383 e. The lowest BCUT2D eigenvalue weighted by molar-refractivity contribution is 0.140. The van der Waals surface area contributed by atoms with Gasteiger partial charge in [-0.25, -0.2) is 14.6 Å². The van der Waals surface area contributed by atoms with E-state index in [4.69, 9.17) is 10.5 Å². The standard InChI is InChI=1S/C12H18N6O/c13-11-10-8-16-18(12(10)15-9-14-11)4-3-17-2-1-6-19-7-5-17/h8-9H,1-7H2,(H2,13,14,15). The Labute approximate surface area is 111 Å². The first-order valence-electron chi connectivity index (χ1n) is 6.57. The fourth-order valence-electron chi connectivity index (χ4n) is 2.33. The molecule has 3 rings (SSSR count). The van der Waals surface area contributed by atoms with Crippen molar-refractivity contribution in [1.82, 2.24) is 24.6 Å². The number of fused-ring (bicyclic) bond motifs is 1. The van der Waals surface area contributed by atoms with Gasteiger partial charge in [-0.1, -0.05) is 0 Å². The van der Waals surface area contributed by atoms with E-state index in [1.807, 2.05) is 4.68 Å². The molecule has 0 aromatic carbocycles. The van der Waals surface area contributed by atoms with Crippen LogP contribution in [0.1, 0.15) is 6.42 Å². The molecule has 1 aliphatic heterocycles. The van der Waals surface area contributed by atoms with E-state index in [9.17, 15) is 0 Å². The number of hydrogen-bond donors (Lipinski definition) is 1. The van der Waals surface area contributed by atoms with Crippen molar-refractivity contribution >= 4 is 16.9 Å². The van der Waals surface area contributed by atoms with Gasteiger partial charge in [-0.3, -0.25) is 4.90 Å². The Morgan fingerprint density at radius 2 is 2.16 bits per heavy atom. The number of aromatic nitrogens is 4. The molecule has 0 spiro atoms. The van der Waals surface area contributed by atoms with E-state index >= 15 is 0 Å². The largest absolute Gasteiger partial charge is 0.383 e. The molecular formula is C12H18N6O. The molecule has 19 heavy (non-hydrogen) atoms. The second-order valence-electron chi connectivity index (χ2n) is 4.67. The Balaban J connectivity index is 1.69. The molecule has 0 radical (unpaired) electrons. The van der Waals surface area contributed by atoms with Gasteiger partial charge in [0.1, 0.15) is 12.1 Å². The van der Waals surface area contributed by atoms with Crippen LogP contribution in [-0.2, 0) is 11.3 Å². The van der Waals surface area contributed by atoms with E-state index in [0.717, 1.165) is 56.8 Å². The zero-order chi connectivity index (χ0) is 13.1. The summed E-state index contributed by atoms with van der Waals surface area (Å²) in [6.45, 7) is 5.50. The van der Waals surface area contributed by atoms with Crippen LogP contribution >= 0.6 is 0 Å². The highest BCUT2D eigenvalue weighted by molar-refractivity contribution is 5.84. The van der Waals surface area contributed by atoms with E-state index in [0.29, 0.717) is 5.82 Å². The molecule has 0 atom stereocenters. The fraction of sp³-hybridized carbons (Fsp3) is 0.583. The summed E-state index contributed by atoms with van der Waals surface area (Å²) in [6, 6.07) is 0. The van der Waals surface area contributed by atoms with E-state index in [1.165, 1.54) is 6.33 Å². The van der Waals surface area contributed by atoms with Crippen molar-refractivity contribution in [2.75, 3.05) is 38.6 Å². The van der Waals surface area contributed by atoms with Gasteiger partial charge in [-0.2, -0.15) is 5.10 Å². The summed E-state index contributed by atoms with van der Waals surface area (Å²) in [6.07, 6.45) is 4.31. The van der Waals surface area contributed by atoms with Crippen molar-refractivity contribution < 1.29 is 4.74 Å². The van der Waals surface area contributed by atoms with Gasteiger partial charge < -0.3 is 10.5 Å². The summed E-state index contributed by atoms with van der Waals surface area (Å²) in [4.78, 5) is 10.6. The van der Waals surface area contributed by atoms with Crippen LogP contribution in [0.15, 0.2) is 12.5 Å². The highest BCUT2D eigenvalue weighted by atomic mass is 16.5. The molecule has 0 unspecified atom stereocenters. The predicted molar refractivity (Wildman–Crippen MR) is 71.6 cm³/mol. The van der Waals surface area contributed by atoms with Crippen molar-refractivity contribution in [3.05, 3.63) is 12.5 Å².